The Kier molecular flexibility index (Phi) is 3.22. The van der Waals surface area contributed by atoms with Gasteiger partial charge >= 0.3 is 0 Å². The highest BCUT2D eigenvalue weighted by molar-refractivity contribution is 5.80. The molecular weight excluding hydrogens is 205 g/mol. The summed E-state index contributed by atoms with van der Waals surface area (Å²) in [7, 11) is 0. The number of aliphatic imine (C=N–C) groups is 1. The Labute approximate surface area is 95.2 Å². The van der Waals surface area contributed by atoms with Gasteiger partial charge in [-0.2, -0.15) is 0 Å². The topological polar surface area (TPSA) is 21.6 Å². The maximum Gasteiger partial charge on any atom is 0.188 e. The Morgan fingerprint density at radius 3 is 2.81 bits per heavy atom. The largest absolute Gasteiger partial charge is 0.478 e. The average molecular weight is 221 g/mol. The van der Waals surface area contributed by atoms with Gasteiger partial charge in [-0.1, -0.05) is 32.0 Å². The standard InChI is InChI=1S/C13H16FNO/c1-9(2)12-8-16-13(15-12)7-10-5-3-4-6-11(10)14/h3-6,9,12H,7-8H2,1-2H3/t12-/m0/s1. The van der Waals surface area contributed by atoms with E-state index in [0.717, 1.165) is 0 Å². The lowest BCUT2D eigenvalue weighted by molar-refractivity contribution is 0.287. The van der Waals surface area contributed by atoms with Crippen molar-refractivity contribution in [3.8, 4) is 0 Å². The number of rotatable bonds is 3. The van der Waals surface area contributed by atoms with Gasteiger partial charge in [0.2, 0.25) is 0 Å². The Balaban J connectivity index is 2.07. The van der Waals surface area contributed by atoms with Crippen molar-refractivity contribution in [1.29, 1.82) is 0 Å². The maximum atomic E-state index is 13.4. The van der Waals surface area contributed by atoms with E-state index in [1.807, 2.05) is 6.07 Å². The number of hydrogen-bond acceptors (Lipinski definition) is 2. The van der Waals surface area contributed by atoms with Crippen molar-refractivity contribution in [1.82, 2.24) is 0 Å². The number of hydrogen-bond donors (Lipinski definition) is 0. The number of halogens is 1. The fourth-order valence-corrected chi connectivity index (χ4v) is 1.68. The van der Waals surface area contributed by atoms with Crippen LogP contribution in [0.5, 0.6) is 0 Å². The summed E-state index contributed by atoms with van der Waals surface area (Å²) in [5.74, 6) is 0.934. The van der Waals surface area contributed by atoms with Gasteiger partial charge in [0.05, 0.1) is 12.5 Å². The van der Waals surface area contributed by atoms with Crippen molar-refractivity contribution < 1.29 is 9.13 Å². The molecule has 3 heteroatoms. The van der Waals surface area contributed by atoms with Crippen LogP contribution in [0, 0.1) is 11.7 Å². The van der Waals surface area contributed by atoms with Crippen LogP contribution in [-0.2, 0) is 11.2 Å². The van der Waals surface area contributed by atoms with Gasteiger partial charge < -0.3 is 4.74 Å². The Bertz CT molecular complexity index is 401. The van der Waals surface area contributed by atoms with E-state index in [0.29, 0.717) is 30.4 Å². The lowest BCUT2D eigenvalue weighted by Crippen LogP contribution is -2.13. The fourth-order valence-electron chi connectivity index (χ4n) is 1.68. The summed E-state index contributed by atoms with van der Waals surface area (Å²) < 4.78 is 18.9. The Morgan fingerprint density at radius 1 is 1.44 bits per heavy atom. The van der Waals surface area contributed by atoms with Crippen LogP contribution in [0.25, 0.3) is 0 Å². The summed E-state index contributed by atoms with van der Waals surface area (Å²) >= 11 is 0. The molecule has 0 aromatic heterocycles. The first-order valence-electron chi connectivity index (χ1n) is 5.59. The molecule has 1 atom stereocenters. The highest BCUT2D eigenvalue weighted by Gasteiger charge is 2.22. The van der Waals surface area contributed by atoms with Crippen molar-refractivity contribution in [3.63, 3.8) is 0 Å². The third-order valence-electron chi connectivity index (χ3n) is 2.80. The molecular formula is C13H16FNO. The van der Waals surface area contributed by atoms with E-state index in [1.165, 1.54) is 6.07 Å². The van der Waals surface area contributed by atoms with E-state index in [1.54, 1.807) is 12.1 Å². The third kappa shape index (κ3) is 2.40. The van der Waals surface area contributed by atoms with Crippen LogP contribution >= 0.6 is 0 Å². The van der Waals surface area contributed by atoms with Gasteiger partial charge in [-0.25, -0.2) is 9.38 Å². The molecule has 0 spiro atoms. The molecule has 86 valence electrons. The van der Waals surface area contributed by atoms with Crippen molar-refractivity contribution in [2.45, 2.75) is 26.3 Å². The summed E-state index contributed by atoms with van der Waals surface area (Å²) in [5.41, 5.74) is 0.644. The normalized spacial score (nSPS) is 19.8. The summed E-state index contributed by atoms with van der Waals surface area (Å²) in [6.07, 6.45) is 0.454. The molecule has 16 heavy (non-hydrogen) atoms. The molecule has 0 saturated heterocycles. The molecule has 2 rings (SSSR count). The molecule has 0 bridgehead atoms. The van der Waals surface area contributed by atoms with Gasteiger partial charge in [0.15, 0.2) is 5.90 Å². The highest BCUT2D eigenvalue weighted by atomic mass is 19.1. The number of nitrogens with zero attached hydrogens (tertiary/aromatic N) is 1. The number of ether oxygens (including phenoxy) is 1. The Hall–Kier alpha value is -1.38. The van der Waals surface area contributed by atoms with E-state index >= 15 is 0 Å². The molecule has 0 unspecified atom stereocenters. The summed E-state index contributed by atoms with van der Waals surface area (Å²) in [4.78, 5) is 4.45. The van der Waals surface area contributed by atoms with Crippen molar-refractivity contribution >= 4 is 5.90 Å². The smallest absolute Gasteiger partial charge is 0.188 e. The molecule has 0 radical (unpaired) electrons. The predicted molar refractivity (Wildman–Crippen MR) is 62.1 cm³/mol. The van der Waals surface area contributed by atoms with Crippen LogP contribution in [0.15, 0.2) is 29.3 Å². The molecule has 0 fully saturated rings. The highest BCUT2D eigenvalue weighted by Crippen LogP contribution is 2.16. The lowest BCUT2D eigenvalue weighted by atomic mass is 10.1. The SMILES string of the molecule is CC(C)[C@@H]1COC(Cc2ccccc2F)=N1. The van der Waals surface area contributed by atoms with Gasteiger partial charge in [0, 0.05) is 0 Å². The maximum absolute atomic E-state index is 13.4. The first-order chi connectivity index (χ1) is 7.66. The van der Waals surface area contributed by atoms with E-state index < -0.39 is 0 Å². The van der Waals surface area contributed by atoms with Crippen molar-refractivity contribution in [3.05, 3.63) is 35.6 Å². The van der Waals surface area contributed by atoms with Gasteiger partial charge in [0.25, 0.3) is 0 Å². The van der Waals surface area contributed by atoms with Gasteiger partial charge in [-0.05, 0) is 17.5 Å². The van der Waals surface area contributed by atoms with Crippen LogP contribution in [-0.4, -0.2) is 18.5 Å². The second kappa shape index (κ2) is 4.64. The third-order valence-corrected chi connectivity index (χ3v) is 2.80. The molecule has 1 aromatic carbocycles. The van der Waals surface area contributed by atoms with Crippen LogP contribution in [0.4, 0.5) is 4.39 Å². The minimum absolute atomic E-state index is 0.193. The quantitative estimate of drug-likeness (QED) is 0.769. The molecule has 1 aromatic rings. The first kappa shape index (κ1) is 11.1. The summed E-state index contributed by atoms with van der Waals surface area (Å²) in [6.45, 7) is 4.86. The second-order valence-corrected chi connectivity index (χ2v) is 4.41. The van der Waals surface area contributed by atoms with Crippen LogP contribution in [0.3, 0.4) is 0 Å². The summed E-state index contributed by atoms with van der Waals surface area (Å²) in [5, 5.41) is 0. The van der Waals surface area contributed by atoms with Gasteiger partial charge in [-0.3, -0.25) is 0 Å². The molecule has 1 heterocycles. The van der Waals surface area contributed by atoms with E-state index in [-0.39, 0.29) is 11.9 Å². The molecule has 0 aliphatic carbocycles. The van der Waals surface area contributed by atoms with Crippen molar-refractivity contribution in [2.75, 3.05) is 6.61 Å². The van der Waals surface area contributed by atoms with Gasteiger partial charge in [0.1, 0.15) is 12.4 Å². The first-order valence-corrected chi connectivity index (χ1v) is 5.59. The average Bonchev–Trinajstić information content (AvgIpc) is 2.70. The molecule has 0 saturated carbocycles. The second-order valence-electron chi connectivity index (χ2n) is 4.41. The van der Waals surface area contributed by atoms with Gasteiger partial charge in [-0.15, -0.1) is 0 Å². The lowest BCUT2D eigenvalue weighted by Gasteiger charge is -2.06. The predicted octanol–water partition coefficient (Wildman–Crippen LogP) is 2.82. The minimum atomic E-state index is -0.193. The fraction of sp³-hybridized carbons (Fsp3) is 0.462. The van der Waals surface area contributed by atoms with E-state index in [2.05, 4.69) is 18.8 Å². The monoisotopic (exact) mass is 221 g/mol. The molecule has 1 aliphatic heterocycles. The zero-order chi connectivity index (χ0) is 11.5. The Morgan fingerprint density at radius 2 is 2.19 bits per heavy atom. The number of benzene rings is 1. The zero-order valence-corrected chi connectivity index (χ0v) is 9.61. The van der Waals surface area contributed by atoms with Crippen molar-refractivity contribution in [2.24, 2.45) is 10.9 Å². The minimum Gasteiger partial charge on any atom is -0.478 e. The zero-order valence-electron chi connectivity index (χ0n) is 9.61. The van der Waals surface area contributed by atoms with Crippen LogP contribution in [0.2, 0.25) is 0 Å². The molecule has 0 amide bonds. The van der Waals surface area contributed by atoms with Crippen LogP contribution in [0.1, 0.15) is 19.4 Å². The summed E-state index contributed by atoms with van der Waals surface area (Å²) in [6, 6.07) is 6.97. The van der Waals surface area contributed by atoms with E-state index in [9.17, 15) is 4.39 Å². The van der Waals surface area contributed by atoms with Crippen LogP contribution < -0.4 is 0 Å². The molecule has 0 N–H and O–H groups in total. The van der Waals surface area contributed by atoms with E-state index in [4.69, 9.17) is 4.74 Å². The molecule has 2 nitrogen and oxygen atoms in total. The molecule has 1 aliphatic rings.